The van der Waals surface area contributed by atoms with Crippen molar-refractivity contribution in [2.75, 3.05) is 13.3 Å². The summed E-state index contributed by atoms with van der Waals surface area (Å²) in [5, 5.41) is 3.00. The van der Waals surface area contributed by atoms with Gasteiger partial charge in [0.05, 0.1) is 4.75 Å². The Morgan fingerprint density at radius 2 is 1.93 bits per heavy atom. The van der Waals surface area contributed by atoms with E-state index in [0.717, 1.165) is 0 Å². The summed E-state index contributed by atoms with van der Waals surface area (Å²) >= 11 is 0. The van der Waals surface area contributed by atoms with E-state index in [-0.39, 0.29) is 6.04 Å². The third kappa shape index (κ3) is 3.00. The highest BCUT2D eigenvalue weighted by Crippen LogP contribution is 2.21. The van der Waals surface area contributed by atoms with Crippen LogP contribution < -0.4 is 5.32 Å². The summed E-state index contributed by atoms with van der Waals surface area (Å²) < 4.78 is 22.3. The van der Waals surface area contributed by atoms with Crippen molar-refractivity contribution < 1.29 is 8.42 Å². The second-order valence-corrected chi connectivity index (χ2v) is 6.44. The summed E-state index contributed by atoms with van der Waals surface area (Å²) in [5.74, 6) is 5.67. The molecule has 0 saturated carbocycles. The monoisotopic (exact) mass is 217 g/mol. The minimum atomic E-state index is -3.07. The SMILES string of the molecule is CC#CCC(NC)C(C)(C)S(C)(=O)=O. The molecule has 1 N–H and O–H groups in total. The molecule has 0 aliphatic rings. The van der Waals surface area contributed by atoms with Crippen LogP contribution >= 0.6 is 0 Å². The highest BCUT2D eigenvalue weighted by molar-refractivity contribution is 7.92. The molecule has 0 fully saturated rings. The van der Waals surface area contributed by atoms with Crippen molar-refractivity contribution >= 4 is 9.84 Å². The van der Waals surface area contributed by atoms with Gasteiger partial charge in [0, 0.05) is 18.7 Å². The van der Waals surface area contributed by atoms with Crippen LogP contribution in [0.1, 0.15) is 27.2 Å². The topological polar surface area (TPSA) is 46.2 Å². The molecule has 0 rings (SSSR count). The van der Waals surface area contributed by atoms with Crippen LogP contribution in [0.4, 0.5) is 0 Å². The lowest BCUT2D eigenvalue weighted by Crippen LogP contribution is -2.50. The number of hydrogen-bond donors (Lipinski definition) is 1. The van der Waals surface area contributed by atoms with E-state index in [4.69, 9.17) is 0 Å². The summed E-state index contributed by atoms with van der Waals surface area (Å²) in [7, 11) is -1.32. The molecule has 0 radical (unpaired) electrons. The second kappa shape index (κ2) is 4.81. The van der Waals surface area contributed by atoms with Crippen LogP contribution in [-0.2, 0) is 9.84 Å². The van der Waals surface area contributed by atoms with E-state index in [1.165, 1.54) is 6.26 Å². The number of rotatable bonds is 4. The van der Waals surface area contributed by atoms with Gasteiger partial charge in [0.1, 0.15) is 0 Å². The zero-order chi connectivity index (χ0) is 11.4. The van der Waals surface area contributed by atoms with E-state index < -0.39 is 14.6 Å². The molecule has 14 heavy (non-hydrogen) atoms. The molecule has 3 nitrogen and oxygen atoms in total. The van der Waals surface area contributed by atoms with Crippen molar-refractivity contribution in [1.82, 2.24) is 5.32 Å². The van der Waals surface area contributed by atoms with E-state index in [1.807, 2.05) is 0 Å². The lowest BCUT2D eigenvalue weighted by atomic mass is 10.0. The van der Waals surface area contributed by atoms with Gasteiger partial charge in [0.2, 0.25) is 0 Å². The van der Waals surface area contributed by atoms with E-state index in [2.05, 4.69) is 17.2 Å². The van der Waals surface area contributed by atoms with Gasteiger partial charge in [-0.15, -0.1) is 11.8 Å². The molecule has 1 unspecified atom stereocenters. The molecule has 0 aromatic heterocycles. The van der Waals surface area contributed by atoms with Crippen LogP contribution in [0.3, 0.4) is 0 Å². The molecular weight excluding hydrogens is 198 g/mol. The van der Waals surface area contributed by atoms with Gasteiger partial charge in [-0.05, 0) is 27.8 Å². The van der Waals surface area contributed by atoms with E-state index >= 15 is 0 Å². The average molecular weight is 217 g/mol. The first kappa shape index (κ1) is 13.5. The first-order chi connectivity index (χ1) is 6.27. The predicted molar refractivity (Wildman–Crippen MR) is 59.8 cm³/mol. The summed E-state index contributed by atoms with van der Waals surface area (Å²) in [6.45, 7) is 5.20. The van der Waals surface area contributed by atoms with Gasteiger partial charge < -0.3 is 5.32 Å². The molecule has 0 aliphatic carbocycles. The quantitative estimate of drug-likeness (QED) is 0.709. The minimum Gasteiger partial charge on any atom is -0.315 e. The Morgan fingerprint density at radius 3 is 2.21 bits per heavy atom. The number of hydrogen-bond acceptors (Lipinski definition) is 3. The highest BCUT2D eigenvalue weighted by atomic mass is 32.2. The van der Waals surface area contributed by atoms with Crippen LogP contribution in [0.5, 0.6) is 0 Å². The highest BCUT2D eigenvalue weighted by Gasteiger charge is 2.37. The molecule has 0 aromatic carbocycles. The Bertz CT molecular complexity index is 333. The van der Waals surface area contributed by atoms with Gasteiger partial charge in [-0.25, -0.2) is 8.42 Å². The Balaban J connectivity index is 4.90. The third-order valence-corrected chi connectivity index (χ3v) is 4.82. The molecular formula is C10H19NO2S. The summed E-state index contributed by atoms with van der Waals surface area (Å²) in [4.78, 5) is 0. The summed E-state index contributed by atoms with van der Waals surface area (Å²) in [5.41, 5.74) is 0. The molecule has 82 valence electrons. The Labute approximate surface area is 87.2 Å². The number of nitrogens with one attached hydrogen (secondary N) is 1. The predicted octanol–water partition coefficient (Wildman–Crippen LogP) is 0.811. The molecule has 0 aromatic rings. The average Bonchev–Trinajstić information content (AvgIpc) is 2.03. The molecule has 0 amide bonds. The third-order valence-electron chi connectivity index (χ3n) is 2.63. The van der Waals surface area contributed by atoms with E-state index in [0.29, 0.717) is 6.42 Å². The smallest absolute Gasteiger partial charge is 0.154 e. The van der Waals surface area contributed by atoms with Crippen molar-refractivity contribution in [3.05, 3.63) is 0 Å². The lowest BCUT2D eigenvalue weighted by molar-refractivity contribution is 0.439. The van der Waals surface area contributed by atoms with Gasteiger partial charge >= 0.3 is 0 Å². The fraction of sp³-hybridized carbons (Fsp3) is 0.800. The van der Waals surface area contributed by atoms with Gasteiger partial charge in [0.25, 0.3) is 0 Å². The second-order valence-electron chi connectivity index (χ2n) is 3.85. The largest absolute Gasteiger partial charge is 0.315 e. The Hall–Kier alpha value is -0.530. The van der Waals surface area contributed by atoms with Gasteiger partial charge in [-0.2, -0.15) is 0 Å². The van der Waals surface area contributed by atoms with Gasteiger partial charge in [-0.1, -0.05) is 0 Å². The molecule has 0 saturated heterocycles. The lowest BCUT2D eigenvalue weighted by Gasteiger charge is -2.31. The van der Waals surface area contributed by atoms with Crippen LogP contribution in [0.15, 0.2) is 0 Å². The van der Waals surface area contributed by atoms with Gasteiger partial charge in [0.15, 0.2) is 9.84 Å². The standard InChI is InChI=1S/C10H19NO2S/c1-6-7-8-9(11-4)10(2,3)14(5,12)13/h9,11H,8H2,1-5H3. The van der Waals surface area contributed by atoms with Crippen molar-refractivity contribution in [2.24, 2.45) is 0 Å². The molecule has 0 bridgehead atoms. The van der Waals surface area contributed by atoms with Crippen LogP contribution in [0.25, 0.3) is 0 Å². The Morgan fingerprint density at radius 1 is 1.43 bits per heavy atom. The van der Waals surface area contributed by atoms with E-state index in [1.54, 1.807) is 27.8 Å². The van der Waals surface area contributed by atoms with Crippen molar-refractivity contribution in [1.29, 1.82) is 0 Å². The van der Waals surface area contributed by atoms with Crippen molar-refractivity contribution in [3.63, 3.8) is 0 Å². The zero-order valence-corrected chi connectivity index (χ0v) is 10.3. The molecule has 4 heteroatoms. The van der Waals surface area contributed by atoms with Gasteiger partial charge in [-0.3, -0.25) is 0 Å². The maximum Gasteiger partial charge on any atom is 0.154 e. The fourth-order valence-electron chi connectivity index (χ4n) is 1.16. The first-order valence-electron chi connectivity index (χ1n) is 4.53. The molecule has 0 aliphatic heterocycles. The van der Waals surface area contributed by atoms with Crippen molar-refractivity contribution in [3.8, 4) is 11.8 Å². The maximum absolute atomic E-state index is 11.5. The van der Waals surface area contributed by atoms with Crippen LogP contribution in [0, 0.1) is 11.8 Å². The normalized spacial score (nSPS) is 14.4. The summed E-state index contributed by atoms with van der Waals surface area (Å²) in [6.07, 6.45) is 1.81. The fourth-order valence-corrected chi connectivity index (χ4v) is 1.88. The van der Waals surface area contributed by atoms with Crippen LogP contribution in [0.2, 0.25) is 0 Å². The van der Waals surface area contributed by atoms with E-state index in [9.17, 15) is 8.42 Å². The molecule has 0 spiro atoms. The molecule has 1 atom stereocenters. The van der Waals surface area contributed by atoms with Crippen molar-refractivity contribution in [2.45, 2.75) is 38.0 Å². The zero-order valence-electron chi connectivity index (χ0n) is 9.51. The maximum atomic E-state index is 11.5. The summed E-state index contributed by atoms with van der Waals surface area (Å²) in [6, 6.07) is -0.134. The molecule has 0 heterocycles. The van der Waals surface area contributed by atoms with Crippen LogP contribution in [-0.4, -0.2) is 32.5 Å². The Kier molecular flexibility index (Phi) is 4.63. The number of sulfone groups is 1. The first-order valence-corrected chi connectivity index (χ1v) is 6.43. The minimum absolute atomic E-state index is 0.134.